The van der Waals surface area contributed by atoms with Gasteiger partial charge in [0.2, 0.25) is 0 Å². The molecule has 0 saturated carbocycles. The molecule has 0 amide bonds. The molecule has 0 bridgehead atoms. The van der Waals surface area contributed by atoms with Crippen molar-refractivity contribution in [2.45, 2.75) is 44.8 Å². The van der Waals surface area contributed by atoms with Crippen molar-refractivity contribution in [1.82, 2.24) is 24.1 Å². The van der Waals surface area contributed by atoms with Gasteiger partial charge in [0.25, 0.3) is 0 Å². The first-order valence-corrected chi connectivity index (χ1v) is 10.3. The van der Waals surface area contributed by atoms with Crippen LogP contribution >= 0.6 is 11.8 Å². The van der Waals surface area contributed by atoms with Gasteiger partial charge in [-0.05, 0) is 50.1 Å². The van der Waals surface area contributed by atoms with Gasteiger partial charge in [0.15, 0.2) is 11.0 Å². The third kappa shape index (κ3) is 3.89. The maximum Gasteiger partial charge on any atom is 0.191 e. The van der Waals surface area contributed by atoms with Crippen molar-refractivity contribution in [3.8, 4) is 5.75 Å². The number of nitrogens with zero attached hydrogens (tertiary/aromatic N) is 5. The number of ether oxygens (including phenoxy) is 1. The van der Waals surface area contributed by atoms with E-state index in [9.17, 15) is 0 Å². The van der Waals surface area contributed by atoms with Crippen LogP contribution in [0.5, 0.6) is 5.75 Å². The Morgan fingerprint density at radius 2 is 2.00 bits per heavy atom. The highest BCUT2D eigenvalue weighted by molar-refractivity contribution is 7.98. The first kappa shape index (κ1) is 18.6. The molecule has 0 N–H and O–H groups in total. The molecule has 1 aromatic carbocycles. The summed E-state index contributed by atoms with van der Waals surface area (Å²) in [6, 6.07) is 12.2. The average Bonchev–Trinajstić information content (AvgIpc) is 3.29. The number of hydrogen-bond donors (Lipinski definition) is 0. The third-order valence-corrected chi connectivity index (χ3v) is 5.57. The Balaban J connectivity index is 1.45. The van der Waals surface area contributed by atoms with E-state index in [1.165, 1.54) is 5.56 Å². The highest BCUT2D eigenvalue weighted by atomic mass is 32.2. The van der Waals surface area contributed by atoms with Gasteiger partial charge in [0.05, 0.1) is 5.69 Å². The Morgan fingerprint density at radius 1 is 1.11 bits per heavy atom. The van der Waals surface area contributed by atoms with E-state index in [0.29, 0.717) is 6.61 Å². The maximum atomic E-state index is 6.01. The zero-order valence-electron chi connectivity index (χ0n) is 16.3. The second-order valence-electron chi connectivity index (χ2n) is 6.69. The molecule has 0 unspecified atom stereocenters. The summed E-state index contributed by atoms with van der Waals surface area (Å²) in [6.45, 7) is 7.41. The summed E-state index contributed by atoms with van der Waals surface area (Å²) in [6.07, 6.45) is 4.06. The monoisotopic (exact) mass is 393 g/mol. The number of aryl methyl sites for hydroxylation is 2. The topological polar surface area (TPSA) is 57.2 Å². The SMILES string of the molecule is CCn1c(COc2cc(C)ccc2C)nnc1SCc1cn2ccccc2n1. The number of aromatic nitrogens is 5. The number of hydrogen-bond acceptors (Lipinski definition) is 5. The lowest BCUT2D eigenvalue weighted by Crippen LogP contribution is -2.07. The van der Waals surface area contributed by atoms with Crippen LogP contribution in [0.25, 0.3) is 5.65 Å². The van der Waals surface area contributed by atoms with Crippen molar-refractivity contribution in [2.24, 2.45) is 0 Å². The van der Waals surface area contributed by atoms with Crippen LogP contribution in [0.15, 0.2) is 53.9 Å². The third-order valence-electron chi connectivity index (χ3n) is 4.57. The van der Waals surface area contributed by atoms with Gasteiger partial charge in [0, 0.05) is 24.7 Å². The van der Waals surface area contributed by atoms with Crippen molar-refractivity contribution in [2.75, 3.05) is 0 Å². The molecule has 0 fully saturated rings. The Bertz CT molecular complexity index is 1070. The van der Waals surface area contributed by atoms with Crippen LogP contribution < -0.4 is 4.74 Å². The van der Waals surface area contributed by atoms with E-state index in [2.05, 4.69) is 64.9 Å². The largest absolute Gasteiger partial charge is 0.485 e. The van der Waals surface area contributed by atoms with Crippen molar-refractivity contribution in [3.63, 3.8) is 0 Å². The minimum Gasteiger partial charge on any atom is -0.485 e. The highest BCUT2D eigenvalue weighted by Crippen LogP contribution is 2.24. The number of rotatable bonds is 7. The first-order chi connectivity index (χ1) is 13.6. The summed E-state index contributed by atoms with van der Waals surface area (Å²) >= 11 is 1.65. The predicted octanol–water partition coefficient (Wildman–Crippen LogP) is 4.43. The highest BCUT2D eigenvalue weighted by Gasteiger charge is 2.13. The molecule has 0 aliphatic rings. The zero-order valence-corrected chi connectivity index (χ0v) is 17.1. The summed E-state index contributed by atoms with van der Waals surface area (Å²) in [5.74, 6) is 2.47. The Morgan fingerprint density at radius 3 is 2.82 bits per heavy atom. The van der Waals surface area contributed by atoms with Crippen LogP contribution in [-0.4, -0.2) is 24.1 Å². The van der Waals surface area contributed by atoms with Crippen LogP contribution in [0.3, 0.4) is 0 Å². The van der Waals surface area contributed by atoms with Gasteiger partial charge in [-0.3, -0.25) is 0 Å². The summed E-state index contributed by atoms with van der Waals surface area (Å²) in [4.78, 5) is 4.64. The number of imidazole rings is 1. The molecule has 0 radical (unpaired) electrons. The second kappa shape index (κ2) is 8.06. The fraction of sp³-hybridized carbons (Fsp3) is 0.286. The van der Waals surface area contributed by atoms with E-state index >= 15 is 0 Å². The molecule has 4 rings (SSSR count). The van der Waals surface area contributed by atoms with Gasteiger partial charge in [-0.15, -0.1) is 10.2 Å². The van der Waals surface area contributed by atoms with Crippen molar-refractivity contribution < 1.29 is 4.74 Å². The molecular weight excluding hydrogens is 370 g/mol. The molecule has 0 spiro atoms. The standard InChI is InChI=1S/C21H23N5OS/c1-4-26-20(13-27-18-11-15(2)8-9-16(18)3)23-24-21(26)28-14-17-12-25-10-6-5-7-19(25)22-17/h5-12H,4,13-14H2,1-3H3. The molecule has 7 heteroatoms. The molecule has 0 aliphatic heterocycles. The average molecular weight is 394 g/mol. The predicted molar refractivity (Wildman–Crippen MR) is 111 cm³/mol. The van der Waals surface area contributed by atoms with E-state index in [1.54, 1.807) is 11.8 Å². The molecule has 3 aromatic heterocycles. The van der Waals surface area contributed by atoms with E-state index in [4.69, 9.17) is 4.74 Å². The van der Waals surface area contributed by atoms with Crippen LogP contribution in [0, 0.1) is 13.8 Å². The lowest BCUT2D eigenvalue weighted by Gasteiger charge is -2.11. The van der Waals surface area contributed by atoms with Gasteiger partial charge >= 0.3 is 0 Å². The quantitative estimate of drug-likeness (QED) is 0.435. The van der Waals surface area contributed by atoms with Gasteiger partial charge in [-0.25, -0.2) is 4.98 Å². The molecule has 6 nitrogen and oxygen atoms in total. The molecule has 4 aromatic rings. The second-order valence-corrected chi connectivity index (χ2v) is 7.63. The fourth-order valence-electron chi connectivity index (χ4n) is 3.05. The van der Waals surface area contributed by atoms with Crippen molar-refractivity contribution >= 4 is 17.4 Å². The van der Waals surface area contributed by atoms with E-state index in [-0.39, 0.29) is 0 Å². The lowest BCUT2D eigenvalue weighted by atomic mass is 10.1. The summed E-state index contributed by atoms with van der Waals surface area (Å²) in [5, 5.41) is 9.61. The van der Waals surface area contributed by atoms with Crippen molar-refractivity contribution in [3.05, 3.63) is 71.4 Å². The number of thioether (sulfide) groups is 1. The van der Waals surface area contributed by atoms with Crippen LogP contribution in [-0.2, 0) is 18.9 Å². The number of fused-ring (bicyclic) bond motifs is 1. The molecular formula is C21H23N5OS. The Kier molecular flexibility index (Phi) is 5.34. The molecule has 28 heavy (non-hydrogen) atoms. The smallest absolute Gasteiger partial charge is 0.191 e. The summed E-state index contributed by atoms with van der Waals surface area (Å²) in [5.41, 5.74) is 4.28. The van der Waals surface area contributed by atoms with Crippen LogP contribution in [0.1, 0.15) is 29.6 Å². The fourth-order valence-corrected chi connectivity index (χ4v) is 3.96. The summed E-state index contributed by atoms with van der Waals surface area (Å²) in [7, 11) is 0. The minimum atomic E-state index is 0.403. The van der Waals surface area contributed by atoms with E-state index < -0.39 is 0 Å². The van der Waals surface area contributed by atoms with E-state index in [1.807, 2.05) is 28.8 Å². The minimum absolute atomic E-state index is 0.403. The van der Waals surface area contributed by atoms with Crippen LogP contribution in [0.2, 0.25) is 0 Å². The zero-order chi connectivity index (χ0) is 19.5. The van der Waals surface area contributed by atoms with E-state index in [0.717, 1.165) is 45.9 Å². The molecule has 144 valence electrons. The van der Waals surface area contributed by atoms with Crippen LogP contribution in [0.4, 0.5) is 0 Å². The Hall–Kier alpha value is -2.80. The molecule has 3 heterocycles. The van der Waals surface area contributed by atoms with Gasteiger partial charge in [-0.2, -0.15) is 0 Å². The lowest BCUT2D eigenvalue weighted by molar-refractivity contribution is 0.286. The van der Waals surface area contributed by atoms with Gasteiger partial charge in [-0.1, -0.05) is 30.0 Å². The Labute approximate surface area is 168 Å². The van der Waals surface area contributed by atoms with Gasteiger partial charge in [0.1, 0.15) is 18.0 Å². The molecule has 0 aliphatic carbocycles. The molecule has 0 saturated heterocycles. The number of pyridine rings is 1. The molecule has 0 atom stereocenters. The number of benzene rings is 1. The first-order valence-electron chi connectivity index (χ1n) is 9.31. The normalized spacial score (nSPS) is 11.2. The summed E-state index contributed by atoms with van der Waals surface area (Å²) < 4.78 is 10.1. The van der Waals surface area contributed by atoms with Crippen molar-refractivity contribution in [1.29, 1.82) is 0 Å². The van der Waals surface area contributed by atoms with Gasteiger partial charge < -0.3 is 13.7 Å². The maximum absolute atomic E-state index is 6.01.